The molecule has 0 aromatic carbocycles. The Hall–Kier alpha value is -1.70. The summed E-state index contributed by atoms with van der Waals surface area (Å²) in [7, 11) is 0. The molecule has 1 aliphatic heterocycles. The zero-order chi connectivity index (χ0) is 17.4. The highest BCUT2D eigenvalue weighted by Crippen LogP contribution is 2.36. The number of thiophene rings is 1. The number of aryl methyl sites for hydroxylation is 2. The Balaban J connectivity index is 1.59. The van der Waals surface area contributed by atoms with Gasteiger partial charge in [-0.3, -0.25) is 9.69 Å². The van der Waals surface area contributed by atoms with E-state index in [-0.39, 0.29) is 12.5 Å². The molecule has 134 valence electrons. The van der Waals surface area contributed by atoms with Crippen molar-refractivity contribution in [2.75, 3.05) is 45.1 Å². The van der Waals surface area contributed by atoms with E-state index in [1.165, 1.54) is 35.4 Å². The van der Waals surface area contributed by atoms with Crippen LogP contribution in [0.15, 0.2) is 6.07 Å². The summed E-state index contributed by atoms with van der Waals surface area (Å²) in [5, 5.41) is 9.97. The largest absolute Gasteiger partial charge is 0.397 e. The molecule has 4 rings (SSSR count). The number of hydrogen-bond acceptors (Lipinski definition) is 6. The van der Waals surface area contributed by atoms with Crippen molar-refractivity contribution in [2.24, 2.45) is 0 Å². The predicted octanol–water partition coefficient (Wildman–Crippen LogP) is 1.51. The molecule has 7 heteroatoms. The Bertz CT molecular complexity index is 796. The summed E-state index contributed by atoms with van der Waals surface area (Å²) in [4.78, 5) is 23.3. The average Bonchev–Trinajstić information content (AvgIpc) is 2.96. The molecule has 1 amide bonds. The maximum atomic E-state index is 12.9. The topological polar surface area (TPSA) is 82.7 Å². The van der Waals surface area contributed by atoms with Crippen LogP contribution in [0.4, 0.5) is 5.69 Å². The van der Waals surface area contributed by atoms with Crippen LogP contribution >= 0.6 is 11.3 Å². The van der Waals surface area contributed by atoms with Gasteiger partial charge in [-0.15, -0.1) is 11.3 Å². The van der Waals surface area contributed by atoms with Crippen molar-refractivity contribution < 1.29 is 9.90 Å². The zero-order valence-corrected chi connectivity index (χ0v) is 15.1. The number of hydrogen-bond donors (Lipinski definition) is 2. The van der Waals surface area contributed by atoms with Crippen LogP contribution < -0.4 is 5.73 Å². The van der Waals surface area contributed by atoms with Gasteiger partial charge in [0.05, 0.1) is 12.3 Å². The molecule has 0 radical (unpaired) electrons. The molecular formula is C18H24N4O2S. The zero-order valence-electron chi connectivity index (χ0n) is 14.3. The van der Waals surface area contributed by atoms with Gasteiger partial charge in [-0.2, -0.15) is 0 Å². The summed E-state index contributed by atoms with van der Waals surface area (Å²) >= 11 is 1.43. The van der Waals surface area contributed by atoms with Crippen molar-refractivity contribution in [3.05, 3.63) is 22.2 Å². The summed E-state index contributed by atoms with van der Waals surface area (Å²) in [5.74, 6) is 0.0159. The van der Waals surface area contributed by atoms with Crippen LogP contribution in [-0.4, -0.2) is 65.1 Å². The third-order valence-corrected chi connectivity index (χ3v) is 6.37. The Labute approximate surface area is 151 Å². The van der Waals surface area contributed by atoms with Gasteiger partial charge in [0.25, 0.3) is 5.91 Å². The normalized spacial score (nSPS) is 18.5. The number of aromatic nitrogens is 1. The molecule has 0 bridgehead atoms. The predicted molar refractivity (Wildman–Crippen MR) is 100 cm³/mol. The number of nitrogen functional groups attached to an aromatic ring is 1. The second-order valence-electron chi connectivity index (χ2n) is 6.86. The van der Waals surface area contributed by atoms with Crippen LogP contribution in [0, 0.1) is 0 Å². The summed E-state index contributed by atoms with van der Waals surface area (Å²) < 4.78 is 0. The quantitative estimate of drug-likeness (QED) is 0.867. The van der Waals surface area contributed by atoms with Crippen molar-refractivity contribution in [3.63, 3.8) is 0 Å². The lowest BCUT2D eigenvalue weighted by molar-refractivity contribution is 0.0620. The van der Waals surface area contributed by atoms with Gasteiger partial charge in [-0.25, -0.2) is 4.98 Å². The first kappa shape index (κ1) is 16.8. The number of carbonyl (C=O) groups excluding carboxylic acids is 1. The molecule has 1 saturated heterocycles. The minimum absolute atomic E-state index is 0.0159. The minimum Gasteiger partial charge on any atom is -0.397 e. The number of amides is 1. The van der Waals surface area contributed by atoms with Crippen LogP contribution in [0.5, 0.6) is 0 Å². The number of aliphatic hydroxyl groups is 1. The van der Waals surface area contributed by atoms with E-state index in [1.807, 2.05) is 4.90 Å². The van der Waals surface area contributed by atoms with Crippen LogP contribution in [0.1, 0.15) is 33.8 Å². The highest BCUT2D eigenvalue weighted by atomic mass is 32.1. The molecule has 6 nitrogen and oxygen atoms in total. The third-order valence-electron chi connectivity index (χ3n) is 5.27. The monoisotopic (exact) mass is 360 g/mol. The molecule has 0 saturated carbocycles. The Kier molecular flexibility index (Phi) is 4.62. The van der Waals surface area contributed by atoms with Gasteiger partial charge >= 0.3 is 0 Å². The number of β-amino-alcohol motifs (C(OH)–C–C–N with tert-alkyl or cyclic N) is 1. The summed E-state index contributed by atoms with van der Waals surface area (Å²) in [5.41, 5.74) is 9.39. The fraction of sp³-hybridized carbons (Fsp3) is 0.556. The first-order valence-electron chi connectivity index (χ1n) is 9.00. The molecule has 3 heterocycles. The lowest BCUT2D eigenvalue weighted by atomic mass is 9.95. The van der Waals surface area contributed by atoms with Crippen molar-refractivity contribution in [3.8, 4) is 0 Å². The number of aliphatic hydroxyl groups excluding tert-OH is 1. The van der Waals surface area contributed by atoms with Gasteiger partial charge in [0.15, 0.2) is 0 Å². The maximum Gasteiger partial charge on any atom is 0.266 e. The molecule has 2 aromatic rings. The van der Waals surface area contributed by atoms with Gasteiger partial charge in [0, 0.05) is 43.8 Å². The SMILES string of the molecule is Nc1c(C(=O)N2CCN(CCO)CC2)sc2nc3c(cc12)CCCC3. The maximum absolute atomic E-state index is 12.9. The first-order chi connectivity index (χ1) is 12.2. The van der Waals surface area contributed by atoms with Gasteiger partial charge in [0.1, 0.15) is 9.71 Å². The number of anilines is 1. The van der Waals surface area contributed by atoms with Gasteiger partial charge in [-0.1, -0.05) is 0 Å². The standard InChI is InChI=1S/C18H24N4O2S/c19-15-13-11-12-3-1-2-4-14(12)20-17(13)25-16(15)18(24)22-7-5-21(6-8-22)9-10-23/h11,23H,1-10,19H2. The van der Waals surface area contributed by atoms with E-state index in [1.54, 1.807) is 0 Å². The van der Waals surface area contributed by atoms with Crippen molar-refractivity contribution in [2.45, 2.75) is 25.7 Å². The van der Waals surface area contributed by atoms with Crippen LogP contribution in [0.2, 0.25) is 0 Å². The molecule has 3 N–H and O–H groups in total. The van der Waals surface area contributed by atoms with Gasteiger partial charge in [0.2, 0.25) is 0 Å². The number of rotatable bonds is 3. The van der Waals surface area contributed by atoms with E-state index in [2.05, 4.69) is 11.0 Å². The Morgan fingerprint density at radius 2 is 2.00 bits per heavy atom. The van der Waals surface area contributed by atoms with Crippen molar-refractivity contribution in [1.82, 2.24) is 14.8 Å². The van der Waals surface area contributed by atoms with E-state index in [0.29, 0.717) is 30.2 Å². The molecule has 0 spiro atoms. The molecule has 0 atom stereocenters. The van der Waals surface area contributed by atoms with Gasteiger partial charge < -0.3 is 15.7 Å². The minimum atomic E-state index is 0.0159. The van der Waals surface area contributed by atoms with Crippen molar-refractivity contribution in [1.29, 1.82) is 0 Å². The van der Waals surface area contributed by atoms with E-state index in [9.17, 15) is 4.79 Å². The van der Waals surface area contributed by atoms with Gasteiger partial charge in [-0.05, 0) is 37.3 Å². The molecule has 1 aliphatic carbocycles. The Morgan fingerprint density at radius 1 is 1.24 bits per heavy atom. The van der Waals surface area contributed by atoms with E-state index < -0.39 is 0 Å². The molecule has 2 aromatic heterocycles. The molecule has 0 unspecified atom stereocenters. The number of carbonyl (C=O) groups is 1. The third kappa shape index (κ3) is 3.12. The average molecular weight is 360 g/mol. The van der Waals surface area contributed by atoms with Crippen LogP contribution in [0.25, 0.3) is 10.2 Å². The smallest absolute Gasteiger partial charge is 0.266 e. The summed E-state index contributed by atoms with van der Waals surface area (Å²) in [6.45, 7) is 3.77. The number of fused-ring (bicyclic) bond motifs is 2. The number of pyridine rings is 1. The second-order valence-corrected chi connectivity index (χ2v) is 7.86. The van der Waals surface area contributed by atoms with E-state index in [4.69, 9.17) is 15.8 Å². The summed E-state index contributed by atoms with van der Waals surface area (Å²) in [6.07, 6.45) is 4.48. The highest BCUT2D eigenvalue weighted by molar-refractivity contribution is 7.21. The summed E-state index contributed by atoms with van der Waals surface area (Å²) in [6, 6.07) is 2.15. The van der Waals surface area contributed by atoms with E-state index >= 15 is 0 Å². The van der Waals surface area contributed by atoms with Crippen molar-refractivity contribution >= 4 is 33.1 Å². The Morgan fingerprint density at radius 3 is 2.76 bits per heavy atom. The molecular weight excluding hydrogens is 336 g/mol. The number of piperazine rings is 1. The lowest BCUT2D eigenvalue weighted by Crippen LogP contribution is -2.49. The lowest BCUT2D eigenvalue weighted by Gasteiger charge is -2.34. The first-order valence-corrected chi connectivity index (χ1v) is 9.82. The molecule has 1 fully saturated rings. The second kappa shape index (κ2) is 6.90. The fourth-order valence-electron chi connectivity index (χ4n) is 3.78. The number of nitrogens with two attached hydrogens (primary N) is 1. The molecule has 2 aliphatic rings. The highest BCUT2D eigenvalue weighted by Gasteiger charge is 2.26. The van der Waals surface area contributed by atoms with Crippen LogP contribution in [0.3, 0.4) is 0 Å². The van der Waals surface area contributed by atoms with E-state index in [0.717, 1.165) is 36.1 Å². The number of nitrogens with zero attached hydrogens (tertiary/aromatic N) is 3. The fourth-order valence-corrected chi connectivity index (χ4v) is 4.84. The molecule has 25 heavy (non-hydrogen) atoms. The van der Waals surface area contributed by atoms with Crippen LogP contribution in [-0.2, 0) is 12.8 Å².